The van der Waals surface area contributed by atoms with E-state index in [9.17, 15) is 5.11 Å². The first kappa shape index (κ1) is 17.9. The summed E-state index contributed by atoms with van der Waals surface area (Å²) in [5, 5.41) is 12.9. The highest BCUT2D eigenvalue weighted by molar-refractivity contribution is 4.64. The average molecular weight is 289 g/mol. The number of aliphatic hydroxyl groups is 1. The van der Waals surface area contributed by atoms with Crippen molar-refractivity contribution in [1.29, 1.82) is 0 Å². The van der Waals surface area contributed by atoms with Crippen LogP contribution >= 0.6 is 0 Å². The highest BCUT2D eigenvalue weighted by Gasteiger charge is 2.15. The molecule has 1 rings (SSSR count). The normalized spacial score (nSPS) is 20.7. The smallest absolute Gasteiger partial charge is 0.0897 e. The Hall–Kier alpha value is -0.200. The number of aliphatic hydroxyl groups excluding tert-OH is 1. The van der Waals surface area contributed by atoms with Gasteiger partial charge in [0.25, 0.3) is 0 Å². The lowest BCUT2D eigenvalue weighted by molar-refractivity contribution is -0.0167. The summed E-state index contributed by atoms with van der Waals surface area (Å²) < 4.78 is 16.4. The van der Waals surface area contributed by atoms with Crippen LogP contribution in [-0.4, -0.2) is 63.4 Å². The molecule has 0 aromatic rings. The molecule has 0 bridgehead atoms. The predicted octanol–water partition coefficient (Wildman–Crippen LogP) is 1.20. The van der Waals surface area contributed by atoms with E-state index in [2.05, 4.69) is 19.2 Å². The summed E-state index contributed by atoms with van der Waals surface area (Å²) in [6.07, 6.45) is 3.05. The Balaban J connectivity index is 1.81. The molecule has 120 valence electrons. The molecule has 5 heteroatoms. The predicted molar refractivity (Wildman–Crippen MR) is 78.9 cm³/mol. The Morgan fingerprint density at radius 3 is 2.85 bits per heavy atom. The highest BCUT2D eigenvalue weighted by Crippen LogP contribution is 2.11. The summed E-state index contributed by atoms with van der Waals surface area (Å²) in [5.74, 6) is 0.686. The van der Waals surface area contributed by atoms with Crippen LogP contribution in [0.15, 0.2) is 0 Å². The first-order valence-electron chi connectivity index (χ1n) is 7.84. The monoisotopic (exact) mass is 289 g/mol. The van der Waals surface area contributed by atoms with Crippen molar-refractivity contribution in [3.8, 4) is 0 Å². The van der Waals surface area contributed by atoms with E-state index in [-0.39, 0.29) is 6.10 Å². The molecule has 0 saturated carbocycles. The third-order valence-electron chi connectivity index (χ3n) is 3.28. The zero-order valence-electron chi connectivity index (χ0n) is 13.0. The number of rotatable bonds is 12. The molecule has 1 aliphatic rings. The number of ether oxygens (including phenoxy) is 3. The minimum Gasteiger partial charge on any atom is -0.389 e. The van der Waals surface area contributed by atoms with Gasteiger partial charge in [-0.2, -0.15) is 0 Å². The maximum atomic E-state index is 9.73. The lowest BCUT2D eigenvalue weighted by atomic mass is 10.1. The molecule has 1 saturated heterocycles. The molecule has 1 heterocycles. The molecule has 0 aromatic carbocycles. The van der Waals surface area contributed by atoms with Crippen molar-refractivity contribution in [2.45, 2.75) is 45.3 Å². The van der Waals surface area contributed by atoms with Crippen molar-refractivity contribution >= 4 is 0 Å². The second-order valence-electron chi connectivity index (χ2n) is 5.83. The van der Waals surface area contributed by atoms with Gasteiger partial charge in [0.2, 0.25) is 0 Å². The molecule has 0 aromatic heterocycles. The maximum Gasteiger partial charge on any atom is 0.0897 e. The zero-order valence-corrected chi connectivity index (χ0v) is 13.0. The molecule has 2 atom stereocenters. The van der Waals surface area contributed by atoms with Gasteiger partial charge in [0, 0.05) is 26.3 Å². The summed E-state index contributed by atoms with van der Waals surface area (Å²) >= 11 is 0. The van der Waals surface area contributed by atoms with Crippen molar-refractivity contribution < 1.29 is 19.3 Å². The van der Waals surface area contributed by atoms with E-state index in [4.69, 9.17) is 14.2 Å². The van der Waals surface area contributed by atoms with Crippen LogP contribution in [0.2, 0.25) is 0 Å². The Bertz CT molecular complexity index is 220. The quantitative estimate of drug-likeness (QED) is 0.529. The van der Waals surface area contributed by atoms with Gasteiger partial charge in [0.15, 0.2) is 0 Å². The van der Waals surface area contributed by atoms with Gasteiger partial charge in [-0.15, -0.1) is 0 Å². The van der Waals surface area contributed by atoms with Crippen LogP contribution in [0.1, 0.15) is 33.1 Å². The first-order chi connectivity index (χ1) is 9.68. The molecule has 0 radical (unpaired) electrons. The fraction of sp³-hybridized carbons (Fsp3) is 1.00. The van der Waals surface area contributed by atoms with Crippen LogP contribution in [0.3, 0.4) is 0 Å². The van der Waals surface area contributed by atoms with Crippen LogP contribution in [-0.2, 0) is 14.2 Å². The summed E-state index contributed by atoms with van der Waals surface area (Å²) in [6, 6.07) is 0. The third kappa shape index (κ3) is 9.66. The van der Waals surface area contributed by atoms with Crippen molar-refractivity contribution in [1.82, 2.24) is 5.32 Å². The molecular weight excluding hydrogens is 258 g/mol. The van der Waals surface area contributed by atoms with E-state index in [1.54, 1.807) is 0 Å². The number of hydrogen-bond acceptors (Lipinski definition) is 5. The van der Waals surface area contributed by atoms with Gasteiger partial charge in [0.1, 0.15) is 0 Å². The van der Waals surface area contributed by atoms with Crippen LogP contribution in [0.5, 0.6) is 0 Å². The van der Waals surface area contributed by atoms with Gasteiger partial charge in [0.05, 0.1) is 32.0 Å². The van der Waals surface area contributed by atoms with Crippen molar-refractivity contribution in [3.05, 3.63) is 0 Å². The Morgan fingerprint density at radius 1 is 1.30 bits per heavy atom. The topological polar surface area (TPSA) is 60.0 Å². The van der Waals surface area contributed by atoms with Crippen LogP contribution < -0.4 is 5.32 Å². The van der Waals surface area contributed by atoms with Crippen LogP contribution in [0.25, 0.3) is 0 Å². The Labute approximate surface area is 123 Å². The van der Waals surface area contributed by atoms with Crippen molar-refractivity contribution in [2.24, 2.45) is 5.92 Å². The molecular formula is C15H31NO4. The standard InChI is InChI=1S/C15H31NO4/c1-13(2)5-8-18-9-6-16-10-14(17)11-19-12-15-4-3-7-20-15/h13-17H,3-12H2,1-2H3. The summed E-state index contributed by atoms with van der Waals surface area (Å²) in [4.78, 5) is 0. The van der Waals surface area contributed by atoms with E-state index in [0.717, 1.165) is 39.0 Å². The first-order valence-corrected chi connectivity index (χ1v) is 7.84. The van der Waals surface area contributed by atoms with Gasteiger partial charge in [-0.25, -0.2) is 0 Å². The number of hydrogen-bond donors (Lipinski definition) is 2. The third-order valence-corrected chi connectivity index (χ3v) is 3.28. The zero-order chi connectivity index (χ0) is 14.6. The molecule has 2 unspecified atom stereocenters. The average Bonchev–Trinajstić information content (AvgIpc) is 2.90. The molecule has 5 nitrogen and oxygen atoms in total. The van der Waals surface area contributed by atoms with Gasteiger partial charge in [-0.1, -0.05) is 13.8 Å². The van der Waals surface area contributed by atoms with E-state index in [1.165, 1.54) is 0 Å². The molecule has 1 aliphatic heterocycles. The van der Waals surface area contributed by atoms with E-state index in [1.807, 2.05) is 0 Å². The van der Waals surface area contributed by atoms with Gasteiger partial charge in [-0.3, -0.25) is 0 Å². The molecule has 0 amide bonds. The number of nitrogens with one attached hydrogen (secondary N) is 1. The molecule has 1 fully saturated rings. The summed E-state index contributed by atoms with van der Waals surface area (Å²) in [6.45, 7) is 8.98. The van der Waals surface area contributed by atoms with Gasteiger partial charge < -0.3 is 24.6 Å². The lowest BCUT2D eigenvalue weighted by Crippen LogP contribution is -2.33. The van der Waals surface area contributed by atoms with E-state index >= 15 is 0 Å². The fourth-order valence-electron chi connectivity index (χ4n) is 2.00. The second-order valence-corrected chi connectivity index (χ2v) is 5.83. The van der Waals surface area contributed by atoms with E-state index < -0.39 is 6.10 Å². The lowest BCUT2D eigenvalue weighted by Gasteiger charge is -2.14. The van der Waals surface area contributed by atoms with Crippen molar-refractivity contribution in [2.75, 3.05) is 46.1 Å². The minimum absolute atomic E-state index is 0.226. The maximum absolute atomic E-state index is 9.73. The second kappa shape index (κ2) is 11.5. The minimum atomic E-state index is -0.466. The summed E-state index contributed by atoms with van der Waals surface area (Å²) in [7, 11) is 0. The molecule has 0 aliphatic carbocycles. The van der Waals surface area contributed by atoms with Gasteiger partial charge in [-0.05, 0) is 25.2 Å². The fourth-order valence-corrected chi connectivity index (χ4v) is 2.00. The van der Waals surface area contributed by atoms with Gasteiger partial charge >= 0.3 is 0 Å². The van der Waals surface area contributed by atoms with Crippen LogP contribution in [0.4, 0.5) is 0 Å². The van der Waals surface area contributed by atoms with E-state index in [0.29, 0.717) is 32.3 Å². The van der Waals surface area contributed by atoms with Crippen molar-refractivity contribution in [3.63, 3.8) is 0 Å². The van der Waals surface area contributed by atoms with Crippen LogP contribution in [0, 0.1) is 5.92 Å². The molecule has 2 N–H and O–H groups in total. The largest absolute Gasteiger partial charge is 0.389 e. The highest BCUT2D eigenvalue weighted by atomic mass is 16.5. The Kier molecular flexibility index (Phi) is 10.2. The molecule has 20 heavy (non-hydrogen) atoms. The molecule has 0 spiro atoms. The Morgan fingerprint density at radius 2 is 2.15 bits per heavy atom. The SMILES string of the molecule is CC(C)CCOCCNCC(O)COCC1CCCO1. The summed E-state index contributed by atoms with van der Waals surface area (Å²) in [5.41, 5.74) is 0.